The molecule has 1 atom stereocenters. The average Bonchev–Trinajstić information content (AvgIpc) is 2.73. The molecule has 2 rings (SSSR count). The lowest BCUT2D eigenvalue weighted by Crippen LogP contribution is -2.31. The number of anilines is 1. The molecule has 1 aromatic rings. The fourth-order valence-corrected chi connectivity index (χ4v) is 2.73. The van der Waals surface area contributed by atoms with Crippen molar-refractivity contribution in [1.29, 1.82) is 0 Å². The molecule has 1 aliphatic heterocycles. The van der Waals surface area contributed by atoms with E-state index in [1.807, 2.05) is 0 Å². The lowest BCUT2D eigenvalue weighted by atomic mass is 10.2. The molecular weight excluding hydrogens is 298 g/mol. The lowest BCUT2D eigenvalue weighted by Gasteiger charge is -2.20. The quantitative estimate of drug-likeness (QED) is 0.686. The molecule has 98 valence electrons. The van der Waals surface area contributed by atoms with Gasteiger partial charge in [-0.25, -0.2) is 0 Å². The summed E-state index contributed by atoms with van der Waals surface area (Å²) in [7, 11) is 2.13. The van der Waals surface area contributed by atoms with E-state index in [1.54, 1.807) is 6.07 Å². The maximum Gasteiger partial charge on any atom is 0.270 e. The second-order valence-electron chi connectivity index (χ2n) is 4.58. The summed E-state index contributed by atoms with van der Waals surface area (Å²) in [5, 5.41) is 14.0. The first-order chi connectivity index (χ1) is 8.58. The van der Waals surface area contributed by atoms with E-state index in [4.69, 9.17) is 0 Å². The summed E-state index contributed by atoms with van der Waals surface area (Å²) in [5.74, 6) is 0. The molecule has 1 fully saturated rings. The minimum Gasteiger partial charge on any atom is -0.383 e. The molecule has 0 aliphatic carbocycles. The van der Waals surface area contributed by atoms with Crippen molar-refractivity contribution in [1.82, 2.24) is 4.90 Å². The van der Waals surface area contributed by atoms with E-state index < -0.39 is 0 Å². The number of likely N-dealkylation sites (N-methyl/N-ethyl adjacent to an activating group) is 1. The zero-order valence-electron chi connectivity index (χ0n) is 10.2. The highest BCUT2D eigenvalue weighted by Crippen LogP contribution is 2.27. The number of likely N-dealkylation sites (tertiary alicyclic amines) is 1. The summed E-state index contributed by atoms with van der Waals surface area (Å²) in [6.45, 7) is 2.01. The summed E-state index contributed by atoms with van der Waals surface area (Å²) in [4.78, 5) is 12.6. The van der Waals surface area contributed by atoms with Crippen LogP contribution in [0.4, 0.5) is 11.4 Å². The molecule has 0 bridgehead atoms. The molecule has 0 aromatic heterocycles. The van der Waals surface area contributed by atoms with Crippen LogP contribution in [0, 0.1) is 10.1 Å². The number of halogens is 1. The van der Waals surface area contributed by atoms with Crippen molar-refractivity contribution in [3.63, 3.8) is 0 Å². The van der Waals surface area contributed by atoms with Crippen LogP contribution in [-0.4, -0.2) is 36.0 Å². The van der Waals surface area contributed by atoms with Crippen LogP contribution >= 0.6 is 15.9 Å². The Labute approximate surface area is 114 Å². The molecule has 6 heteroatoms. The van der Waals surface area contributed by atoms with E-state index in [0.717, 1.165) is 23.2 Å². The van der Waals surface area contributed by atoms with Crippen LogP contribution < -0.4 is 5.32 Å². The van der Waals surface area contributed by atoms with Crippen LogP contribution in [0.25, 0.3) is 0 Å². The minimum atomic E-state index is -0.390. The standard InChI is InChI=1S/C12H16BrN3O2/c1-15-6-2-3-10(15)8-14-12-5-4-9(16(17)18)7-11(12)13/h4-5,7,10,14H,2-3,6,8H2,1H3. The van der Waals surface area contributed by atoms with Gasteiger partial charge in [0.25, 0.3) is 5.69 Å². The molecule has 0 amide bonds. The van der Waals surface area contributed by atoms with Gasteiger partial charge in [-0.1, -0.05) is 0 Å². The number of rotatable bonds is 4. The van der Waals surface area contributed by atoms with Gasteiger partial charge in [0.2, 0.25) is 0 Å². The molecule has 0 radical (unpaired) electrons. The van der Waals surface area contributed by atoms with Crippen LogP contribution in [0.2, 0.25) is 0 Å². The molecule has 1 heterocycles. The molecule has 1 aliphatic rings. The van der Waals surface area contributed by atoms with Gasteiger partial charge in [0.05, 0.1) is 4.92 Å². The number of hydrogen-bond acceptors (Lipinski definition) is 4. The largest absolute Gasteiger partial charge is 0.383 e. The summed E-state index contributed by atoms with van der Waals surface area (Å²) in [5.41, 5.74) is 1.01. The molecule has 18 heavy (non-hydrogen) atoms. The third kappa shape index (κ3) is 3.00. The number of nitro benzene ring substituents is 1. The van der Waals surface area contributed by atoms with Gasteiger partial charge in [-0.2, -0.15) is 0 Å². The fourth-order valence-electron chi connectivity index (χ4n) is 2.23. The first-order valence-corrected chi connectivity index (χ1v) is 6.75. The fraction of sp³-hybridized carbons (Fsp3) is 0.500. The van der Waals surface area contributed by atoms with Crippen molar-refractivity contribution in [3.05, 3.63) is 32.8 Å². The molecule has 0 saturated carbocycles. The third-order valence-corrected chi connectivity index (χ3v) is 4.02. The molecule has 1 unspecified atom stereocenters. The number of nitrogens with zero attached hydrogens (tertiary/aromatic N) is 2. The van der Waals surface area contributed by atoms with E-state index in [0.29, 0.717) is 6.04 Å². The lowest BCUT2D eigenvalue weighted by molar-refractivity contribution is -0.384. The van der Waals surface area contributed by atoms with Gasteiger partial charge in [-0.3, -0.25) is 10.1 Å². The predicted octanol–water partition coefficient (Wildman–Crippen LogP) is 2.86. The topological polar surface area (TPSA) is 58.4 Å². The molecule has 5 nitrogen and oxygen atoms in total. The van der Waals surface area contributed by atoms with Crippen LogP contribution in [0.5, 0.6) is 0 Å². The highest BCUT2D eigenvalue weighted by atomic mass is 79.9. The summed E-state index contributed by atoms with van der Waals surface area (Å²) < 4.78 is 0.734. The number of benzene rings is 1. The van der Waals surface area contributed by atoms with Crippen molar-refractivity contribution in [2.45, 2.75) is 18.9 Å². The Kier molecular flexibility index (Phi) is 4.19. The number of hydrogen-bond donors (Lipinski definition) is 1. The Morgan fingerprint density at radius 2 is 2.39 bits per heavy atom. The Hall–Kier alpha value is -1.14. The summed E-state index contributed by atoms with van der Waals surface area (Å²) in [6, 6.07) is 5.34. The maximum absolute atomic E-state index is 10.6. The SMILES string of the molecule is CN1CCCC1CNc1ccc([N+](=O)[O-])cc1Br. The minimum absolute atomic E-state index is 0.102. The third-order valence-electron chi connectivity index (χ3n) is 3.36. The zero-order valence-corrected chi connectivity index (χ0v) is 11.8. The van der Waals surface area contributed by atoms with Gasteiger partial charge >= 0.3 is 0 Å². The van der Waals surface area contributed by atoms with E-state index in [2.05, 4.69) is 33.2 Å². The molecule has 1 aromatic carbocycles. The Bertz CT molecular complexity index is 453. The van der Waals surface area contributed by atoms with Gasteiger partial charge in [0.15, 0.2) is 0 Å². The van der Waals surface area contributed by atoms with Crippen LogP contribution in [0.1, 0.15) is 12.8 Å². The monoisotopic (exact) mass is 313 g/mol. The highest BCUT2D eigenvalue weighted by Gasteiger charge is 2.20. The zero-order chi connectivity index (χ0) is 13.1. The van der Waals surface area contributed by atoms with Crippen molar-refractivity contribution in [2.75, 3.05) is 25.5 Å². The van der Waals surface area contributed by atoms with Gasteiger partial charge in [0, 0.05) is 34.9 Å². The van der Waals surface area contributed by atoms with Crippen molar-refractivity contribution in [2.24, 2.45) is 0 Å². The first-order valence-electron chi connectivity index (χ1n) is 5.96. The van der Waals surface area contributed by atoms with Crippen LogP contribution in [0.15, 0.2) is 22.7 Å². The molecule has 0 spiro atoms. The second-order valence-corrected chi connectivity index (χ2v) is 5.43. The van der Waals surface area contributed by atoms with Crippen LogP contribution in [0.3, 0.4) is 0 Å². The normalized spacial score (nSPS) is 20.0. The van der Waals surface area contributed by atoms with Crippen molar-refractivity contribution >= 4 is 27.3 Å². The van der Waals surface area contributed by atoms with E-state index >= 15 is 0 Å². The average molecular weight is 314 g/mol. The Morgan fingerprint density at radius 1 is 1.61 bits per heavy atom. The molecule has 1 saturated heterocycles. The van der Waals surface area contributed by atoms with E-state index in [-0.39, 0.29) is 10.6 Å². The summed E-state index contributed by atoms with van der Waals surface area (Å²) >= 11 is 3.36. The first kappa shape index (κ1) is 13.3. The Balaban J connectivity index is 1.99. The second kappa shape index (κ2) is 5.67. The van der Waals surface area contributed by atoms with E-state index in [9.17, 15) is 10.1 Å². The van der Waals surface area contributed by atoms with Gasteiger partial charge in [-0.15, -0.1) is 0 Å². The van der Waals surface area contributed by atoms with Gasteiger partial charge in [-0.05, 0) is 48.4 Å². The van der Waals surface area contributed by atoms with E-state index in [1.165, 1.54) is 25.0 Å². The maximum atomic E-state index is 10.6. The molecular formula is C12H16BrN3O2. The van der Waals surface area contributed by atoms with Crippen molar-refractivity contribution in [3.8, 4) is 0 Å². The number of nitro groups is 1. The van der Waals surface area contributed by atoms with Crippen molar-refractivity contribution < 1.29 is 4.92 Å². The van der Waals surface area contributed by atoms with Gasteiger partial charge < -0.3 is 10.2 Å². The van der Waals surface area contributed by atoms with Gasteiger partial charge in [0.1, 0.15) is 0 Å². The predicted molar refractivity (Wildman–Crippen MR) is 74.9 cm³/mol. The number of non-ortho nitro benzene ring substituents is 1. The Morgan fingerprint density at radius 3 is 2.94 bits per heavy atom. The smallest absolute Gasteiger partial charge is 0.270 e. The molecule has 1 N–H and O–H groups in total. The highest BCUT2D eigenvalue weighted by molar-refractivity contribution is 9.10. The summed E-state index contributed by atoms with van der Waals surface area (Å²) in [6.07, 6.45) is 2.44. The number of nitrogens with one attached hydrogen (secondary N) is 1. The van der Waals surface area contributed by atoms with Crippen LogP contribution in [-0.2, 0) is 0 Å².